The predicted molar refractivity (Wildman–Crippen MR) is 65.2 cm³/mol. The zero-order valence-corrected chi connectivity index (χ0v) is 10.7. The summed E-state index contributed by atoms with van der Waals surface area (Å²) in [5, 5.41) is 0. The Balaban J connectivity index is 2.62. The van der Waals surface area contributed by atoms with Gasteiger partial charge in [0.05, 0.1) is 4.47 Å². The summed E-state index contributed by atoms with van der Waals surface area (Å²) in [4.78, 5) is 0. The van der Waals surface area contributed by atoms with Gasteiger partial charge in [-0.3, -0.25) is 0 Å². The van der Waals surface area contributed by atoms with Crippen molar-refractivity contribution in [2.75, 3.05) is 0 Å². The lowest BCUT2D eigenvalue weighted by molar-refractivity contribution is 0.460. The highest BCUT2D eigenvalue weighted by atomic mass is 79.9. The summed E-state index contributed by atoms with van der Waals surface area (Å²) in [5.74, 6) is 0.286. The minimum atomic E-state index is -0.159. The molecule has 0 aliphatic rings. The lowest BCUT2D eigenvalue weighted by Crippen LogP contribution is -2.26. The van der Waals surface area contributed by atoms with E-state index in [2.05, 4.69) is 29.8 Å². The molecule has 0 aromatic heterocycles. The van der Waals surface area contributed by atoms with Gasteiger partial charge in [-0.05, 0) is 46.3 Å². The molecule has 1 aromatic carbocycles. The van der Waals surface area contributed by atoms with Crippen LogP contribution in [0.1, 0.15) is 25.8 Å². The van der Waals surface area contributed by atoms with Crippen LogP contribution in [0.4, 0.5) is 4.39 Å². The van der Waals surface area contributed by atoms with Crippen molar-refractivity contribution < 1.29 is 4.39 Å². The van der Waals surface area contributed by atoms with Gasteiger partial charge in [-0.25, -0.2) is 4.39 Å². The summed E-state index contributed by atoms with van der Waals surface area (Å²) in [6.45, 7) is 4.17. The minimum Gasteiger partial charge on any atom is -0.327 e. The average Bonchev–Trinajstić information content (AvgIpc) is 2.19. The van der Waals surface area contributed by atoms with Crippen molar-refractivity contribution in [1.29, 1.82) is 0 Å². The highest BCUT2D eigenvalue weighted by Gasteiger charge is 2.10. The summed E-state index contributed by atoms with van der Waals surface area (Å²) in [7, 11) is 0. The number of benzene rings is 1. The van der Waals surface area contributed by atoms with Crippen molar-refractivity contribution in [2.45, 2.75) is 32.7 Å². The normalized spacial score (nSPS) is 13.2. The van der Waals surface area contributed by atoms with Crippen molar-refractivity contribution in [3.63, 3.8) is 0 Å². The Morgan fingerprint density at radius 3 is 2.67 bits per heavy atom. The van der Waals surface area contributed by atoms with Crippen LogP contribution in [-0.4, -0.2) is 6.04 Å². The molecule has 1 rings (SSSR count). The third-order valence-electron chi connectivity index (χ3n) is 2.63. The highest BCUT2D eigenvalue weighted by Crippen LogP contribution is 2.20. The van der Waals surface area contributed by atoms with E-state index in [1.54, 1.807) is 6.07 Å². The molecule has 0 heterocycles. The molecule has 3 heteroatoms. The van der Waals surface area contributed by atoms with E-state index < -0.39 is 0 Å². The first-order valence-electron chi connectivity index (χ1n) is 5.21. The van der Waals surface area contributed by atoms with Crippen LogP contribution in [0.15, 0.2) is 22.7 Å². The molecule has 1 nitrogen and oxygen atoms in total. The lowest BCUT2D eigenvalue weighted by atomic mass is 9.97. The molecule has 0 saturated heterocycles. The molecule has 0 saturated carbocycles. The van der Waals surface area contributed by atoms with Gasteiger partial charge in [0.1, 0.15) is 5.82 Å². The number of rotatable bonds is 4. The maximum Gasteiger partial charge on any atom is 0.140 e. The van der Waals surface area contributed by atoms with Gasteiger partial charge in [-0.2, -0.15) is 0 Å². The van der Waals surface area contributed by atoms with E-state index in [9.17, 15) is 4.39 Å². The summed E-state index contributed by atoms with van der Waals surface area (Å²) in [6, 6.07) is 5.51. The Morgan fingerprint density at radius 2 is 2.07 bits per heavy atom. The second kappa shape index (κ2) is 5.61. The molecule has 0 amide bonds. The topological polar surface area (TPSA) is 26.0 Å². The summed E-state index contributed by atoms with van der Waals surface area (Å²) in [5.41, 5.74) is 6.65. The van der Waals surface area contributed by atoms with Crippen LogP contribution in [0.2, 0.25) is 0 Å². The van der Waals surface area contributed by atoms with Gasteiger partial charge in [-0.15, -0.1) is 0 Å². The zero-order chi connectivity index (χ0) is 11.4. The second-order valence-corrected chi connectivity index (χ2v) is 5.01. The Bertz CT molecular complexity index is 325. The molecule has 84 valence electrons. The summed E-state index contributed by atoms with van der Waals surface area (Å²) >= 11 is 3.18. The lowest BCUT2D eigenvalue weighted by Gasteiger charge is -2.15. The molecule has 0 spiro atoms. The highest BCUT2D eigenvalue weighted by molar-refractivity contribution is 9.10. The Morgan fingerprint density at radius 1 is 1.40 bits per heavy atom. The fraction of sp³-hybridized carbons (Fsp3) is 0.500. The van der Waals surface area contributed by atoms with Crippen molar-refractivity contribution >= 4 is 15.9 Å². The molecule has 15 heavy (non-hydrogen) atoms. The van der Waals surface area contributed by atoms with Gasteiger partial charge < -0.3 is 5.73 Å². The van der Waals surface area contributed by atoms with Gasteiger partial charge in [0.25, 0.3) is 0 Å². The molecule has 1 aromatic rings. The summed E-state index contributed by atoms with van der Waals surface area (Å²) < 4.78 is 14.1. The van der Waals surface area contributed by atoms with E-state index in [1.807, 2.05) is 12.1 Å². The number of hydrogen-bond acceptors (Lipinski definition) is 1. The van der Waals surface area contributed by atoms with Gasteiger partial charge in [0.2, 0.25) is 0 Å². The van der Waals surface area contributed by atoms with Gasteiger partial charge in [0, 0.05) is 6.04 Å². The molecular formula is C12H17BrFN. The summed E-state index contributed by atoms with van der Waals surface area (Å²) in [6.07, 6.45) is 1.52. The van der Waals surface area contributed by atoms with Crippen LogP contribution < -0.4 is 5.73 Å². The zero-order valence-electron chi connectivity index (χ0n) is 9.13. The minimum absolute atomic E-state index is 0.142. The van der Waals surface area contributed by atoms with Crippen molar-refractivity contribution in [1.82, 2.24) is 0 Å². The van der Waals surface area contributed by atoms with Crippen molar-refractivity contribution in [2.24, 2.45) is 11.7 Å². The molecule has 1 atom stereocenters. The first-order chi connectivity index (χ1) is 7.02. The van der Waals surface area contributed by atoms with Gasteiger partial charge in [0.15, 0.2) is 0 Å². The maximum absolute atomic E-state index is 13.6. The van der Waals surface area contributed by atoms with Crippen LogP contribution in [0.25, 0.3) is 0 Å². The van der Waals surface area contributed by atoms with E-state index in [0.29, 0.717) is 16.8 Å². The first-order valence-corrected chi connectivity index (χ1v) is 6.00. The van der Waals surface area contributed by atoms with E-state index >= 15 is 0 Å². The molecule has 0 bridgehead atoms. The van der Waals surface area contributed by atoms with E-state index in [-0.39, 0.29) is 11.9 Å². The number of halogens is 2. The Labute approximate surface area is 99.0 Å². The SMILES string of the molecule is CC(C)C(N)CCc1cccc(Br)c1F. The fourth-order valence-electron chi connectivity index (χ4n) is 1.40. The van der Waals surface area contributed by atoms with Crippen LogP contribution in [-0.2, 0) is 6.42 Å². The Hall–Kier alpha value is -0.410. The predicted octanol–water partition coefficient (Wildman–Crippen LogP) is 3.50. The molecule has 0 aliphatic heterocycles. The van der Waals surface area contributed by atoms with Crippen molar-refractivity contribution in [3.8, 4) is 0 Å². The van der Waals surface area contributed by atoms with E-state index in [4.69, 9.17) is 5.73 Å². The maximum atomic E-state index is 13.6. The fourth-order valence-corrected chi connectivity index (χ4v) is 1.80. The molecular weight excluding hydrogens is 257 g/mol. The average molecular weight is 274 g/mol. The first kappa shape index (κ1) is 12.7. The molecule has 0 fully saturated rings. The van der Waals surface area contributed by atoms with Crippen LogP contribution in [0, 0.1) is 11.7 Å². The second-order valence-electron chi connectivity index (χ2n) is 4.16. The van der Waals surface area contributed by atoms with E-state index in [0.717, 1.165) is 12.0 Å². The number of aryl methyl sites for hydroxylation is 1. The van der Waals surface area contributed by atoms with Crippen molar-refractivity contribution in [3.05, 3.63) is 34.1 Å². The molecule has 0 radical (unpaired) electrons. The van der Waals surface area contributed by atoms with E-state index in [1.165, 1.54) is 0 Å². The number of hydrogen-bond donors (Lipinski definition) is 1. The Kier molecular flexibility index (Phi) is 4.74. The molecule has 0 aliphatic carbocycles. The smallest absolute Gasteiger partial charge is 0.140 e. The van der Waals surface area contributed by atoms with Gasteiger partial charge in [-0.1, -0.05) is 26.0 Å². The number of nitrogens with two attached hydrogens (primary N) is 1. The van der Waals surface area contributed by atoms with Crippen LogP contribution >= 0.6 is 15.9 Å². The van der Waals surface area contributed by atoms with Crippen LogP contribution in [0.3, 0.4) is 0 Å². The standard InChI is InChI=1S/C12H17BrFN/c1-8(2)11(15)7-6-9-4-3-5-10(13)12(9)14/h3-5,8,11H,6-7,15H2,1-2H3. The quantitative estimate of drug-likeness (QED) is 0.893. The monoisotopic (exact) mass is 273 g/mol. The molecule has 1 unspecified atom stereocenters. The molecule has 2 N–H and O–H groups in total. The largest absolute Gasteiger partial charge is 0.327 e. The van der Waals surface area contributed by atoms with Gasteiger partial charge >= 0.3 is 0 Å². The van der Waals surface area contributed by atoms with Crippen LogP contribution in [0.5, 0.6) is 0 Å². The third kappa shape index (κ3) is 3.58. The third-order valence-corrected chi connectivity index (χ3v) is 3.25.